The molecule has 4 nitrogen and oxygen atoms in total. The van der Waals surface area contributed by atoms with E-state index in [9.17, 15) is 10.1 Å². The molecule has 0 bridgehead atoms. The molecular weight excluding hydrogens is 314 g/mol. The summed E-state index contributed by atoms with van der Waals surface area (Å²) in [5.41, 5.74) is 1.55. The number of nitriles is 1. The topological polar surface area (TPSA) is 66.6 Å². The van der Waals surface area contributed by atoms with Crippen LogP contribution in [0.2, 0.25) is 0 Å². The third kappa shape index (κ3) is 2.96. The normalized spacial score (nSPS) is 12.5. The number of carbonyl (C=O) groups excluding carboxylic acids is 1. The summed E-state index contributed by atoms with van der Waals surface area (Å²) in [6.45, 7) is 1.91. The van der Waals surface area contributed by atoms with E-state index in [0.717, 1.165) is 20.9 Å². The van der Waals surface area contributed by atoms with Crippen LogP contribution in [0, 0.1) is 18.3 Å². The number of allylic oxidation sites excluding steroid dienone is 1. The van der Waals surface area contributed by atoms with Crippen molar-refractivity contribution in [2.45, 2.75) is 12.8 Å². The number of aromatic nitrogens is 2. The second-order valence-corrected chi connectivity index (χ2v) is 6.73. The zero-order valence-electron chi connectivity index (χ0n) is 11.7. The van der Waals surface area contributed by atoms with Gasteiger partial charge in [0.1, 0.15) is 5.01 Å². The van der Waals surface area contributed by atoms with E-state index in [-0.39, 0.29) is 5.78 Å². The highest BCUT2D eigenvalue weighted by Crippen LogP contribution is 2.28. The van der Waals surface area contributed by atoms with Gasteiger partial charge in [0.05, 0.1) is 27.0 Å². The Morgan fingerprint density at radius 2 is 2.18 bits per heavy atom. The van der Waals surface area contributed by atoms with Crippen LogP contribution in [-0.4, -0.2) is 15.8 Å². The minimum absolute atomic E-state index is 0.271. The van der Waals surface area contributed by atoms with Crippen LogP contribution in [0.15, 0.2) is 35.7 Å². The molecule has 0 amide bonds. The molecule has 1 aromatic carbocycles. The SMILES string of the molecule is Cc1nc(/C=C\C(=O)[C@@H](C#N)c2nc3ccccc3s2)cs1. The number of thiazole rings is 2. The number of carbonyl (C=O) groups is 1. The first kappa shape index (κ1) is 14.6. The second-order valence-electron chi connectivity index (χ2n) is 4.61. The number of ketones is 1. The molecule has 2 heterocycles. The van der Waals surface area contributed by atoms with Gasteiger partial charge in [0, 0.05) is 5.38 Å². The molecular formula is C16H11N3OS2. The third-order valence-electron chi connectivity index (χ3n) is 3.03. The van der Waals surface area contributed by atoms with Gasteiger partial charge < -0.3 is 0 Å². The van der Waals surface area contributed by atoms with E-state index in [1.165, 1.54) is 28.7 Å². The second kappa shape index (κ2) is 6.18. The maximum atomic E-state index is 12.3. The van der Waals surface area contributed by atoms with Crippen LogP contribution in [0.5, 0.6) is 0 Å². The molecule has 0 saturated carbocycles. The Labute approximate surface area is 135 Å². The Kier molecular flexibility index (Phi) is 4.09. The smallest absolute Gasteiger partial charge is 0.179 e. The summed E-state index contributed by atoms with van der Waals surface area (Å²) >= 11 is 2.90. The Balaban J connectivity index is 1.85. The number of rotatable bonds is 4. The molecule has 3 rings (SSSR count). The summed E-state index contributed by atoms with van der Waals surface area (Å²) in [6, 6.07) is 9.66. The molecule has 6 heteroatoms. The fourth-order valence-corrected chi connectivity index (χ4v) is 3.58. The highest BCUT2D eigenvalue weighted by atomic mass is 32.1. The summed E-state index contributed by atoms with van der Waals surface area (Å²) in [6.07, 6.45) is 3.05. The molecule has 0 spiro atoms. The van der Waals surface area contributed by atoms with E-state index >= 15 is 0 Å². The number of fused-ring (bicyclic) bond motifs is 1. The fourth-order valence-electron chi connectivity index (χ4n) is 1.97. The fraction of sp³-hybridized carbons (Fsp3) is 0.125. The van der Waals surface area contributed by atoms with Crippen molar-refractivity contribution in [2.24, 2.45) is 0 Å². The lowest BCUT2D eigenvalue weighted by Crippen LogP contribution is -2.07. The molecule has 0 aliphatic heterocycles. The van der Waals surface area contributed by atoms with Crippen molar-refractivity contribution in [1.29, 1.82) is 5.26 Å². The standard InChI is InChI=1S/C16H11N3OS2/c1-10-18-11(9-21-10)6-7-14(20)12(8-17)16-19-13-4-2-3-5-15(13)22-16/h2-7,9,12H,1H3/b7-6-/t12-/m1/s1. The van der Waals surface area contributed by atoms with Gasteiger partial charge in [0.15, 0.2) is 11.7 Å². The van der Waals surface area contributed by atoms with Gasteiger partial charge in [-0.15, -0.1) is 22.7 Å². The van der Waals surface area contributed by atoms with Crippen LogP contribution in [-0.2, 0) is 4.79 Å². The monoisotopic (exact) mass is 325 g/mol. The quantitative estimate of drug-likeness (QED) is 0.681. The Bertz CT molecular complexity index is 868. The number of benzene rings is 1. The van der Waals surface area contributed by atoms with Crippen molar-refractivity contribution in [3.8, 4) is 6.07 Å². The number of hydrogen-bond donors (Lipinski definition) is 0. The maximum absolute atomic E-state index is 12.3. The van der Waals surface area contributed by atoms with E-state index in [1.54, 1.807) is 6.08 Å². The highest BCUT2D eigenvalue weighted by Gasteiger charge is 2.22. The number of nitrogens with zero attached hydrogens (tertiary/aromatic N) is 3. The van der Waals surface area contributed by atoms with Gasteiger partial charge in [-0.3, -0.25) is 4.79 Å². The van der Waals surface area contributed by atoms with Crippen molar-refractivity contribution in [1.82, 2.24) is 9.97 Å². The van der Waals surface area contributed by atoms with Crippen LogP contribution in [0.25, 0.3) is 16.3 Å². The number of aryl methyl sites for hydroxylation is 1. The zero-order chi connectivity index (χ0) is 15.5. The molecule has 2 aromatic heterocycles. The lowest BCUT2D eigenvalue weighted by molar-refractivity contribution is -0.114. The maximum Gasteiger partial charge on any atom is 0.179 e. The summed E-state index contributed by atoms with van der Waals surface area (Å²) < 4.78 is 0.977. The first-order chi connectivity index (χ1) is 10.7. The average Bonchev–Trinajstić information content (AvgIpc) is 3.11. The highest BCUT2D eigenvalue weighted by molar-refractivity contribution is 7.18. The minimum atomic E-state index is -0.867. The molecule has 0 N–H and O–H groups in total. The summed E-state index contributed by atoms with van der Waals surface area (Å²) in [4.78, 5) is 20.9. The van der Waals surface area contributed by atoms with Crippen molar-refractivity contribution in [2.75, 3.05) is 0 Å². The van der Waals surface area contributed by atoms with Gasteiger partial charge in [0.25, 0.3) is 0 Å². The van der Waals surface area contributed by atoms with Crippen LogP contribution in [0.4, 0.5) is 0 Å². The molecule has 108 valence electrons. The van der Waals surface area contributed by atoms with E-state index < -0.39 is 5.92 Å². The van der Waals surface area contributed by atoms with Crippen molar-refractivity contribution in [3.05, 3.63) is 51.4 Å². The van der Waals surface area contributed by atoms with Crippen molar-refractivity contribution >= 4 is 44.7 Å². The van der Waals surface area contributed by atoms with E-state index in [1.807, 2.05) is 42.6 Å². The van der Waals surface area contributed by atoms with Crippen molar-refractivity contribution in [3.63, 3.8) is 0 Å². The Morgan fingerprint density at radius 1 is 1.36 bits per heavy atom. The van der Waals surface area contributed by atoms with Gasteiger partial charge in [-0.05, 0) is 31.2 Å². The first-order valence-corrected chi connectivity index (χ1v) is 8.26. The van der Waals surface area contributed by atoms with Gasteiger partial charge in [-0.2, -0.15) is 5.26 Å². The predicted molar refractivity (Wildman–Crippen MR) is 88.9 cm³/mol. The van der Waals surface area contributed by atoms with Crippen LogP contribution >= 0.6 is 22.7 Å². The summed E-state index contributed by atoms with van der Waals surface area (Å²) in [5.74, 6) is -1.14. The summed E-state index contributed by atoms with van der Waals surface area (Å²) in [7, 11) is 0. The average molecular weight is 325 g/mol. The molecule has 0 radical (unpaired) electrons. The molecule has 0 fully saturated rings. The Morgan fingerprint density at radius 3 is 2.86 bits per heavy atom. The largest absolute Gasteiger partial charge is 0.293 e. The van der Waals surface area contributed by atoms with Crippen LogP contribution in [0.3, 0.4) is 0 Å². The lowest BCUT2D eigenvalue weighted by atomic mass is 10.1. The minimum Gasteiger partial charge on any atom is -0.293 e. The molecule has 3 aromatic rings. The van der Waals surface area contributed by atoms with Crippen LogP contribution < -0.4 is 0 Å². The van der Waals surface area contributed by atoms with Crippen LogP contribution in [0.1, 0.15) is 21.6 Å². The zero-order valence-corrected chi connectivity index (χ0v) is 13.3. The molecule has 0 unspecified atom stereocenters. The molecule has 0 aliphatic rings. The predicted octanol–water partition coefficient (Wildman–Crippen LogP) is 3.95. The van der Waals surface area contributed by atoms with E-state index in [2.05, 4.69) is 9.97 Å². The van der Waals surface area contributed by atoms with E-state index in [0.29, 0.717) is 5.01 Å². The lowest BCUT2D eigenvalue weighted by Gasteiger charge is -1.99. The first-order valence-electron chi connectivity index (χ1n) is 6.56. The molecule has 22 heavy (non-hydrogen) atoms. The third-order valence-corrected chi connectivity index (χ3v) is 4.92. The number of para-hydroxylation sites is 1. The summed E-state index contributed by atoms with van der Waals surface area (Å²) in [5, 5.41) is 12.7. The van der Waals surface area contributed by atoms with Gasteiger partial charge in [0.2, 0.25) is 0 Å². The molecule has 0 aliphatic carbocycles. The van der Waals surface area contributed by atoms with Gasteiger partial charge in [-0.25, -0.2) is 9.97 Å². The van der Waals surface area contributed by atoms with E-state index in [4.69, 9.17) is 0 Å². The van der Waals surface area contributed by atoms with Gasteiger partial charge in [-0.1, -0.05) is 12.1 Å². The molecule has 1 atom stereocenters. The van der Waals surface area contributed by atoms with Crippen molar-refractivity contribution < 1.29 is 4.79 Å². The number of hydrogen-bond acceptors (Lipinski definition) is 6. The van der Waals surface area contributed by atoms with Gasteiger partial charge >= 0.3 is 0 Å². The molecule has 0 saturated heterocycles. The Hall–Kier alpha value is -2.36.